The monoisotopic (exact) mass is 265 g/mol. The van der Waals surface area contributed by atoms with E-state index >= 15 is 0 Å². The fourth-order valence-corrected chi connectivity index (χ4v) is 2.51. The lowest BCUT2D eigenvalue weighted by molar-refractivity contribution is -0.152. The highest BCUT2D eigenvalue weighted by Gasteiger charge is 2.31. The van der Waals surface area contributed by atoms with E-state index in [1.807, 2.05) is 13.1 Å². The van der Waals surface area contributed by atoms with E-state index in [0.717, 1.165) is 18.5 Å². The van der Waals surface area contributed by atoms with Crippen molar-refractivity contribution in [2.75, 3.05) is 6.54 Å². The predicted molar refractivity (Wildman–Crippen MR) is 68.5 cm³/mol. The van der Waals surface area contributed by atoms with E-state index in [1.54, 1.807) is 10.9 Å². The van der Waals surface area contributed by atoms with Crippen LogP contribution in [0.5, 0.6) is 0 Å². The smallest absolute Gasteiger partial charge is 0.326 e. The second-order valence-corrected chi connectivity index (χ2v) is 4.88. The third-order valence-electron chi connectivity index (χ3n) is 3.63. The van der Waals surface area contributed by atoms with Crippen LogP contribution >= 0.6 is 0 Å². The highest BCUT2D eigenvalue weighted by atomic mass is 16.4. The summed E-state index contributed by atoms with van der Waals surface area (Å²) in [5.41, 5.74) is 0.984. The fourth-order valence-electron chi connectivity index (χ4n) is 2.51. The van der Waals surface area contributed by atoms with Crippen molar-refractivity contribution in [3.63, 3.8) is 0 Å². The lowest BCUT2D eigenvalue weighted by Crippen LogP contribution is -2.48. The standard InChI is InChI=1S/C13H19N3O3/c1-15-10(7-8-14-15)5-6-12(17)16-9-3-2-4-11(16)13(18)19/h7-8,11H,2-6,9H2,1H3,(H,18,19). The van der Waals surface area contributed by atoms with Crippen LogP contribution in [0.1, 0.15) is 31.4 Å². The highest BCUT2D eigenvalue weighted by molar-refractivity contribution is 5.84. The first-order valence-corrected chi connectivity index (χ1v) is 6.58. The minimum atomic E-state index is -0.895. The van der Waals surface area contributed by atoms with Crippen LogP contribution in [-0.2, 0) is 23.1 Å². The van der Waals surface area contributed by atoms with E-state index < -0.39 is 12.0 Å². The summed E-state index contributed by atoms with van der Waals surface area (Å²) in [6.45, 7) is 0.557. The molecule has 1 atom stereocenters. The summed E-state index contributed by atoms with van der Waals surface area (Å²) in [7, 11) is 1.83. The third-order valence-corrected chi connectivity index (χ3v) is 3.63. The van der Waals surface area contributed by atoms with Gasteiger partial charge in [-0.1, -0.05) is 0 Å². The maximum absolute atomic E-state index is 12.2. The number of aliphatic carboxylic acids is 1. The summed E-state index contributed by atoms with van der Waals surface area (Å²) in [6, 6.07) is 1.23. The maximum atomic E-state index is 12.2. The third kappa shape index (κ3) is 3.13. The first-order chi connectivity index (χ1) is 9.09. The van der Waals surface area contributed by atoms with Crippen LogP contribution < -0.4 is 0 Å². The lowest BCUT2D eigenvalue weighted by atomic mass is 10.0. The molecular formula is C13H19N3O3. The number of carbonyl (C=O) groups excluding carboxylic acids is 1. The molecule has 0 aliphatic carbocycles. The number of nitrogens with zero attached hydrogens (tertiary/aromatic N) is 3. The Kier molecular flexibility index (Phi) is 4.19. The molecule has 1 N–H and O–H groups in total. The Morgan fingerprint density at radius 1 is 1.47 bits per heavy atom. The van der Waals surface area contributed by atoms with Crippen LogP contribution in [0.4, 0.5) is 0 Å². The Balaban J connectivity index is 1.94. The zero-order chi connectivity index (χ0) is 13.8. The molecule has 2 rings (SSSR count). The summed E-state index contributed by atoms with van der Waals surface area (Å²) in [6.07, 6.45) is 4.96. The molecule has 6 heteroatoms. The Morgan fingerprint density at radius 3 is 2.89 bits per heavy atom. The summed E-state index contributed by atoms with van der Waals surface area (Å²) < 4.78 is 1.73. The molecule has 1 fully saturated rings. The van der Waals surface area contributed by atoms with E-state index in [-0.39, 0.29) is 5.91 Å². The van der Waals surface area contributed by atoms with E-state index in [9.17, 15) is 9.59 Å². The van der Waals surface area contributed by atoms with Gasteiger partial charge in [-0.2, -0.15) is 5.10 Å². The molecule has 2 heterocycles. The molecule has 1 aliphatic heterocycles. The molecule has 0 aromatic carbocycles. The molecule has 6 nitrogen and oxygen atoms in total. The number of aryl methyl sites for hydroxylation is 2. The van der Waals surface area contributed by atoms with Crippen molar-refractivity contribution in [3.05, 3.63) is 18.0 Å². The van der Waals surface area contributed by atoms with Gasteiger partial charge in [0.1, 0.15) is 6.04 Å². The number of piperidine rings is 1. The number of amides is 1. The van der Waals surface area contributed by atoms with Gasteiger partial charge >= 0.3 is 5.97 Å². The molecule has 1 amide bonds. The SMILES string of the molecule is Cn1nccc1CCC(=O)N1CCCCC1C(=O)O. The van der Waals surface area contributed by atoms with Crippen molar-refractivity contribution >= 4 is 11.9 Å². The number of hydrogen-bond acceptors (Lipinski definition) is 3. The second kappa shape index (κ2) is 5.86. The number of hydrogen-bond donors (Lipinski definition) is 1. The average molecular weight is 265 g/mol. The van der Waals surface area contributed by atoms with E-state index in [4.69, 9.17) is 5.11 Å². The predicted octanol–water partition coefficient (Wildman–Crippen LogP) is 0.818. The van der Waals surface area contributed by atoms with Crippen molar-refractivity contribution in [2.24, 2.45) is 7.05 Å². The zero-order valence-corrected chi connectivity index (χ0v) is 11.1. The van der Waals surface area contributed by atoms with Crippen LogP contribution in [0, 0.1) is 0 Å². The largest absolute Gasteiger partial charge is 0.480 e. The molecule has 104 valence electrons. The van der Waals surface area contributed by atoms with Gasteiger partial charge in [0.2, 0.25) is 5.91 Å². The maximum Gasteiger partial charge on any atom is 0.326 e. The number of likely N-dealkylation sites (tertiary alicyclic amines) is 1. The number of carboxylic acids is 1. The van der Waals surface area contributed by atoms with Gasteiger partial charge in [-0.3, -0.25) is 9.48 Å². The minimum absolute atomic E-state index is 0.0756. The van der Waals surface area contributed by atoms with Crippen LogP contribution in [0.15, 0.2) is 12.3 Å². The van der Waals surface area contributed by atoms with Crippen LogP contribution in [0.25, 0.3) is 0 Å². The van der Waals surface area contributed by atoms with Gasteiger partial charge in [0, 0.05) is 31.9 Å². The van der Waals surface area contributed by atoms with Crippen molar-refractivity contribution in [3.8, 4) is 0 Å². The molecule has 0 saturated carbocycles. The molecule has 0 radical (unpaired) electrons. The van der Waals surface area contributed by atoms with Crippen molar-refractivity contribution in [2.45, 2.75) is 38.1 Å². The van der Waals surface area contributed by atoms with Crippen molar-refractivity contribution in [1.29, 1.82) is 0 Å². The quantitative estimate of drug-likeness (QED) is 0.874. The topological polar surface area (TPSA) is 75.4 Å². The van der Waals surface area contributed by atoms with E-state index in [1.165, 1.54) is 4.90 Å². The molecule has 19 heavy (non-hydrogen) atoms. The normalized spacial score (nSPS) is 19.4. The van der Waals surface area contributed by atoms with Gasteiger partial charge in [0.25, 0.3) is 0 Å². The van der Waals surface area contributed by atoms with Gasteiger partial charge in [0.05, 0.1) is 0 Å². The van der Waals surface area contributed by atoms with Gasteiger partial charge in [-0.05, 0) is 31.7 Å². The second-order valence-electron chi connectivity index (χ2n) is 4.88. The fraction of sp³-hybridized carbons (Fsp3) is 0.615. The molecule has 1 saturated heterocycles. The minimum Gasteiger partial charge on any atom is -0.480 e. The summed E-state index contributed by atoms with van der Waals surface area (Å²) >= 11 is 0. The molecule has 0 spiro atoms. The van der Waals surface area contributed by atoms with E-state index in [0.29, 0.717) is 25.8 Å². The Bertz CT molecular complexity index is 469. The van der Waals surface area contributed by atoms with Gasteiger partial charge in [0.15, 0.2) is 0 Å². The first kappa shape index (κ1) is 13.6. The van der Waals surface area contributed by atoms with Crippen LogP contribution in [0.3, 0.4) is 0 Å². The highest BCUT2D eigenvalue weighted by Crippen LogP contribution is 2.18. The molecule has 1 aromatic heterocycles. The Morgan fingerprint density at radius 2 is 2.26 bits per heavy atom. The van der Waals surface area contributed by atoms with Gasteiger partial charge < -0.3 is 10.0 Å². The molecular weight excluding hydrogens is 246 g/mol. The lowest BCUT2D eigenvalue weighted by Gasteiger charge is -2.33. The van der Waals surface area contributed by atoms with Gasteiger partial charge in [-0.25, -0.2) is 4.79 Å². The van der Waals surface area contributed by atoms with Crippen molar-refractivity contribution < 1.29 is 14.7 Å². The Labute approximate surface area is 112 Å². The molecule has 0 bridgehead atoms. The summed E-state index contributed by atoms with van der Waals surface area (Å²) in [4.78, 5) is 24.8. The van der Waals surface area contributed by atoms with Crippen molar-refractivity contribution in [1.82, 2.24) is 14.7 Å². The number of carboxylic acid groups (broad SMARTS) is 1. The average Bonchev–Trinajstić information content (AvgIpc) is 2.81. The molecule has 1 unspecified atom stereocenters. The molecule has 1 aromatic rings. The zero-order valence-electron chi connectivity index (χ0n) is 11.1. The number of rotatable bonds is 4. The number of carbonyl (C=O) groups is 2. The summed E-state index contributed by atoms with van der Waals surface area (Å²) in [5, 5.41) is 13.2. The summed E-state index contributed by atoms with van der Waals surface area (Å²) in [5.74, 6) is -0.970. The van der Waals surface area contributed by atoms with E-state index in [2.05, 4.69) is 5.10 Å². The van der Waals surface area contributed by atoms with Crippen LogP contribution in [0.2, 0.25) is 0 Å². The van der Waals surface area contributed by atoms with Gasteiger partial charge in [-0.15, -0.1) is 0 Å². The Hall–Kier alpha value is -1.85. The number of aromatic nitrogens is 2. The first-order valence-electron chi connectivity index (χ1n) is 6.58. The van der Waals surface area contributed by atoms with Crippen LogP contribution in [-0.4, -0.2) is 44.3 Å². The molecule has 1 aliphatic rings.